The Kier molecular flexibility index (Phi) is 4.58. The number of rotatable bonds is 5. The fourth-order valence-corrected chi connectivity index (χ4v) is 5.10. The molecule has 29 heavy (non-hydrogen) atoms. The first kappa shape index (κ1) is 18.3. The van der Waals surface area contributed by atoms with Crippen molar-refractivity contribution in [2.45, 2.75) is 31.3 Å². The lowest BCUT2D eigenvalue weighted by molar-refractivity contribution is -0.133. The fourth-order valence-electron chi connectivity index (χ4n) is 5.10. The van der Waals surface area contributed by atoms with E-state index in [1.165, 1.54) is 17.3 Å². The zero-order chi connectivity index (χ0) is 20.0. The second kappa shape index (κ2) is 7.26. The van der Waals surface area contributed by atoms with Crippen molar-refractivity contribution < 1.29 is 9.59 Å². The summed E-state index contributed by atoms with van der Waals surface area (Å²) >= 11 is 0. The van der Waals surface area contributed by atoms with Crippen LogP contribution in [0.3, 0.4) is 0 Å². The van der Waals surface area contributed by atoms with E-state index in [2.05, 4.69) is 49.9 Å². The Bertz CT molecular complexity index is 902. The summed E-state index contributed by atoms with van der Waals surface area (Å²) in [7, 11) is 1.94. The molecular formula is C21H26N6O2. The standard InChI is InChI=1S/C21H26N6O2/c1-26(18-8-4-6-13-5-2-3-7-14(13)18)19(28)12-27-10-15-16(11-27)20(15)23-21(29)17-9-22-25-24-17/h2-3,5,7,9,15-16,18,20H,4,6,8,10-12H2,1H3,(H,23,29)(H,22,24,25)/t15-,16+,18?,20?. The average Bonchev–Trinajstić information content (AvgIpc) is 3.17. The van der Waals surface area contributed by atoms with Crippen molar-refractivity contribution in [1.82, 2.24) is 30.5 Å². The number of piperidine rings is 1. The van der Waals surface area contributed by atoms with Crippen LogP contribution in [0.15, 0.2) is 30.5 Å². The van der Waals surface area contributed by atoms with Crippen molar-refractivity contribution in [3.05, 3.63) is 47.3 Å². The molecule has 0 spiro atoms. The van der Waals surface area contributed by atoms with Gasteiger partial charge >= 0.3 is 0 Å². The van der Waals surface area contributed by atoms with E-state index in [9.17, 15) is 9.59 Å². The number of aromatic amines is 1. The molecule has 0 bridgehead atoms. The molecule has 2 heterocycles. The number of carbonyl (C=O) groups excluding carboxylic acids is 2. The molecule has 2 unspecified atom stereocenters. The fraction of sp³-hybridized carbons (Fsp3) is 0.524. The molecule has 2 amide bonds. The first-order valence-electron chi connectivity index (χ1n) is 10.3. The number of benzene rings is 1. The second-order valence-electron chi connectivity index (χ2n) is 8.49. The third kappa shape index (κ3) is 3.42. The highest BCUT2D eigenvalue weighted by atomic mass is 16.2. The monoisotopic (exact) mass is 394 g/mol. The maximum atomic E-state index is 12.9. The number of likely N-dealkylation sites (tertiary alicyclic amines) is 1. The summed E-state index contributed by atoms with van der Waals surface area (Å²) in [5, 5.41) is 13.0. The van der Waals surface area contributed by atoms with E-state index in [0.717, 1.165) is 32.4 Å². The molecule has 4 atom stereocenters. The quantitative estimate of drug-likeness (QED) is 0.789. The van der Waals surface area contributed by atoms with E-state index < -0.39 is 0 Å². The number of fused-ring (bicyclic) bond motifs is 2. The minimum absolute atomic E-state index is 0.177. The molecule has 0 radical (unpaired) electrons. The van der Waals surface area contributed by atoms with Gasteiger partial charge in [0.25, 0.3) is 5.91 Å². The largest absolute Gasteiger partial charge is 0.347 e. The summed E-state index contributed by atoms with van der Waals surface area (Å²) in [6, 6.07) is 8.86. The number of nitrogens with one attached hydrogen (secondary N) is 2. The first-order valence-corrected chi connectivity index (χ1v) is 10.3. The predicted octanol–water partition coefficient (Wildman–Crippen LogP) is 1.00. The van der Waals surface area contributed by atoms with Crippen molar-refractivity contribution in [2.75, 3.05) is 26.7 Å². The van der Waals surface area contributed by atoms with Gasteiger partial charge in [0, 0.05) is 26.2 Å². The van der Waals surface area contributed by atoms with E-state index in [1.54, 1.807) is 0 Å². The van der Waals surface area contributed by atoms with Gasteiger partial charge in [0.15, 0.2) is 5.69 Å². The van der Waals surface area contributed by atoms with Gasteiger partial charge < -0.3 is 10.2 Å². The van der Waals surface area contributed by atoms with Crippen molar-refractivity contribution in [2.24, 2.45) is 11.8 Å². The lowest BCUT2D eigenvalue weighted by atomic mass is 9.87. The Balaban J connectivity index is 1.13. The van der Waals surface area contributed by atoms with Gasteiger partial charge in [-0.3, -0.25) is 14.5 Å². The van der Waals surface area contributed by atoms with Gasteiger partial charge in [-0.2, -0.15) is 15.4 Å². The molecule has 1 aliphatic heterocycles. The highest BCUT2D eigenvalue weighted by Gasteiger charge is 2.56. The van der Waals surface area contributed by atoms with Gasteiger partial charge in [-0.25, -0.2) is 0 Å². The van der Waals surface area contributed by atoms with Crippen molar-refractivity contribution in [3.8, 4) is 0 Å². The Morgan fingerprint density at radius 1 is 1.28 bits per heavy atom. The van der Waals surface area contributed by atoms with E-state index in [-0.39, 0.29) is 23.9 Å². The Morgan fingerprint density at radius 3 is 2.83 bits per heavy atom. The Morgan fingerprint density at radius 2 is 2.07 bits per heavy atom. The van der Waals surface area contributed by atoms with E-state index in [1.807, 2.05) is 11.9 Å². The smallest absolute Gasteiger partial charge is 0.273 e. The molecule has 1 saturated carbocycles. The SMILES string of the molecule is CN(C(=O)CN1C[C@@H]2C(NC(=O)c3cn[nH]n3)[C@@H]2C1)C1CCCc2ccccc21. The number of carbonyl (C=O) groups is 2. The summed E-state index contributed by atoms with van der Waals surface area (Å²) in [5.74, 6) is 0.853. The number of aromatic nitrogens is 3. The van der Waals surface area contributed by atoms with Crippen LogP contribution in [0.5, 0.6) is 0 Å². The summed E-state index contributed by atoms with van der Waals surface area (Å²) in [4.78, 5) is 29.2. The number of aryl methyl sites for hydroxylation is 1. The van der Waals surface area contributed by atoms with Crippen LogP contribution in [0.2, 0.25) is 0 Å². The molecule has 2 aliphatic carbocycles. The second-order valence-corrected chi connectivity index (χ2v) is 8.49. The van der Waals surface area contributed by atoms with Gasteiger partial charge in [0.2, 0.25) is 5.91 Å². The molecule has 1 aromatic heterocycles. The van der Waals surface area contributed by atoms with Gasteiger partial charge in [-0.15, -0.1) is 0 Å². The highest BCUT2D eigenvalue weighted by molar-refractivity contribution is 5.92. The van der Waals surface area contributed by atoms with Gasteiger partial charge in [0.1, 0.15) is 0 Å². The minimum Gasteiger partial charge on any atom is -0.347 e. The number of hydrogen-bond donors (Lipinski definition) is 2. The van der Waals surface area contributed by atoms with E-state index >= 15 is 0 Å². The van der Waals surface area contributed by atoms with Crippen molar-refractivity contribution in [3.63, 3.8) is 0 Å². The lowest BCUT2D eigenvalue weighted by Gasteiger charge is -2.34. The number of amides is 2. The summed E-state index contributed by atoms with van der Waals surface area (Å²) < 4.78 is 0. The van der Waals surface area contributed by atoms with Crippen LogP contribution in [0.1, 0.15) is 40.5 Å². The van der Waals surface area contributed by atoms with Crippen molar-refractivity contribution >= 4 is 11.8 Å². The average molecular weight is 394 g/mol. The number of hydrogen-bond acceptors (Lipinski definition) is 5. The van der Waals surface area contributed by atoms with Gasteiger partial charge in [0.05, 0.1) is 18.8 Å². The zero-order valence-corrected chi connectivity index (χ0v) is 16.5. The Labute approximate surface area is 169 Å². The summed E-state index contributed by atoms with van der Waals surface area (Å²) in [6.07, 6.45) is 4.68. The third-order valence-electron chi connectivity index (χ3n) is 6.77. The predicted molar refractivity (Wildman–Crippen MR) is 106 cm³/mol. The highest BCUT2D eigenvalue weighted by Crippen LogP contribution is 2.45. The van der Waals surface area contributed by atoms with Crippen LogP contribution in [0.25, 0.3) is 0 Å². The molecule has 1 aromatic carbocycles. The third-order valence-corrected chi connectivity index (χ3v) is 6.77. The first-order chi connectivity index (χ1) is 14.1. The molecule has 2 fully saturated rings. The maximum Gasteiger partial charge on any atom is 0.273 e. The van der Waals surface area contributed by atoms with Crippen LogP contribution in [0.4, 0.5) is 0 Å². The molecule has 152 valence electrons. The lowest BCUT2D eigenvalue weighted by Crippen LogP contribution is -2.42. The summed E-state index contributed by atoms with van der Waals surface area (Å²) in [5.41, 5.74) is 2.99. The Hall–Kier alpha value is -2.74. The summed E-state index contributed by atoms with van der Waals surface area (Å²) in [6.45, 7) is 2.16. The van der Waals surface area contributed by atoms with E-state index in [4.69, 9.17) is 0 Å². The van der Waals surface area contributed by atoms with E-state index in [0.29, 0.717) is 24.1 Å². The number of H-pyrrole nitrogens is 1. The number of nitrogens with zero attached hydrogens (tertiary/aromatic N) is 4. The molecule has 8 nitrogen and oxygen atoms in total. The normalized spacial score (nSPS) is 27.8. The van der Waals surface area contributed by atoms with Crippen LogP contribution in [-0.4, -0.2) is 69.7 Å². The molecule has 3 aliphatic rings. The van der Waals surface area contributed by atoms with Crippen LogP contribution in [-0.2, 0) is 11.2 Å². The topological polar surface area (TPSA) is 94.2 Å². The van der Waals surface area contributed by atoms with Crippen molar-refractivity contribution in [1.29, 1.82) is 0 Å². The van der Waals surface area contributed by atoms with Gasteiger partial charge in [-0.1, -0.05) is 24.3 Å². The minimum atomic E-state index is -0.184. The molecule has 8 heteroatoms. The van der Waals surface area contributed by atoms with Crippen LogP contribution in [0, 0.1) is 11.8 Å². The van der Waals surface area contributed by atoms with Crippen LogP contribution < -0.4 is 5.32 Å². The molecular weight excluding hydrogens is 368 g/mol. The maximum absolute atomic E-state index is 12.9. The van der Waals surface area contributed by atoms with Crippen LogP contribution >= 0.6 is 0 Å². The zero-order valence-electron chi connectivity index (χ0n) is 16.5. The molecule has 5 rings (SSSR count). The number of likely N-dealkylation sites (N-methyl/N-ethyl adjacent to an activating group) is 1. The molecule has 2 aromatic rings. The molecule has 1 saturated heterocycles. The molecule has 2 N–H and O–H groups in total. The van der Waals surface area contributed by atoms with Gasteiger partial charge in [-0.05, 0) is 42.2 Å².